The van der Waals surface area contributed by atoms with Gasteiger partial charge in [0, 0.05) is 5.56 Å². The van der Waals surface area contributed by atoms with Crippen LogP contribution in [0.5, 0.6) is 0 Å². The van der Waals surface area contributed by atoms with Crippen molar-refractivity contribution in [1.82, 2.24) is 31.1 Å². The second kappa shape index (κ2) is 5.87. The van der Waals surface area contributed by atoms with E-state index in [1.807, 2.05) is 0 Å². The van der Waals surface area contributed by atoms with Gasteiger partial charge in [-0.1, -0.05) is 0 Å². The van der Waals surface area contributed by atoms with Gasteiger partial charge >= 0.3 is 5.91 Å². The number of amides is 2. The van der Waals surface area contributed by atoms with E-state index in [-0.39, 0.29) is 5.76 Å². The Hall–Kier alpha value is -3.49. The highest BCUT2D eigenvalue weighted by molar-refractivity contribution is 5.98. The van der Waals surface area contributed by atoms with Crippen LogP contribution in [-0.4, -0.2) is 32.0 Å². The molecular formula is C13H10N6O3. The smallest absolute Gasteiger partial charge is 0.305 e. The molecule has 22 heavy (non-hydrogen) atoms. The third-order valence-corrected chi connectivity index (χ3v) is 2.78. The number of nitrogens with one attached hydrogen (secondary N) is 2. The zero-order chi connectivity index (χ0) is 15.4. The van der Waals surface area contributed by atoms with Gasteiger partial charge in [-0.3, -0.25) is 20.4 Å². The molecule has 2 amide bonds. The third-order valence-electron chi connectivity index (χ3n) is 2.78. The van der Waals surface area contributed by atoms with Crippen LogP contribution in [-0.2, 0) is 0 Å². The van der Waals surface area contributed by atoms with Crippen molar-refractivity contribution in [2.75, 3.05) is 0 Å². The zero-order valence-electron chi connectivity index (χ0n) is 11.1. The summed E-state index contributed by atoms with van der Waals surface area (Å²) in [4.78, 5) is 23.5. The lowest BCUT2D eigenvalue weighted by molar-refractivity contribution is 0.0831. The number of carbonyl (C=O) groups is 2. The quantitative estimate of drug-likeness (QED) is 0.673. The minimum absolute atomic E-state index is 0.106. The first-order valence-electron chi connectivity index (χ1n) is 6.21. The molecule has 0 saturated carbocycles. The number of tetrazole rings is 1. The highest BCUT2D eigenvalue weighted by atomic mass is 16.3. The van der Waals surface area contributed by atoms with Crippen LogP contribution in [0, 0.1) is 0 Å². The Labute approximate surface area is 123 Å². The van der Waals surface area contributed by atoms with Crippen molar-refractivity contribution in [1.29, 1.82) is 0 Å². The standard InChI is InChI=1S/C13H10N6O3/c20-12(15-16-13(21)11-2-1-7-22-11)9-3-5-10(6-4-9)19-8-14-17-18-19/h1-8H,(H,15,20)(H,16,21). The summed E-state index contributed by atoms with van der Waals surface area (Å²) in [5, 5.41) is 10.8. The minimum Gasteiger partial charge on any atom is -0.459 e. The molecule has 0 aliphatic carbocycles. The fourth-order valence-corrected chi connectivity index (χ4v) is 1.70. The number of furan rings is 1. The van der Waals surface area contributed by atoms with E-state index >= 15 is 0 Å². The topological polar surface area (TPSA) is 115 Å². The van der Waals surface area contributed by atoms with Crippen molar-refractivity contribution in [3.05, 3.63) is 60.3 Å². The Bertz CT molecular complexity index is 765. The van der Waals surface area contributed by atoms with Gasteiger partial charge < -0.3 is 4.42 Å². The van der Waals surface area contributed by atoms with Gasteiger partial charge in [-0.15, -0.1) is 5.10 Å². The summed E-state index contributed by atoms with van der Waals surface area (Å²) in [5.41, 5.74) is 5.63. The van der Waals surface area contributed by atoms with Crippen molar-refractivity contribution < 1.29 is 14.0 Å². The Morgan fingerprint density at radius 3 is 2.45 bits per heavy atom. The molecule has 1 aromatic carbocycles. The molecule has 2 aromatic heterocycles. The molecule has 3 aromatic rings. The predicted molar refractivity (Wildman–Crippen MR) is 72.8 cm³/mol. The predicted octanol–water partition coefficient (Wildman–Crippen LogP) is 0.330. The van der Waals surface area contributed by atoms with E-state index in [0.717, 1.165) is 0 Å². The van der Waals surface area contributed by atoms with Crippen LogP contribution in [0.1, 0.15) is 20.9 Å². The Morgan fingerprint density at radius 2 is 1.82 bits per heavy atom. The Balaban J connectivity index is 1.62. The van der Waals surface area contributed by atoms with E-state index in [1.54, 1.807) is 30.3 Å². The van der Waals surface area contributed by atoms with Crippen LogP contribution in [0.15, 0.2) is 53.4 Å². The van der Waals surface area contributed by atoms with E-state index in [1.165, 1.54) is 23.3 Å². The van der Waals surface area contributed by atoms with Crippen molar-refractivity contribution in [3.63, 3.8) is 0 Å². The molecule has 0 radical (unpaired) electrons. The first-order chi connectivity index (χ1) is 10.7. The molecule has 9 nitrogen and oxygen atoms in total. The van der Waals surface area contributed by atoms with E-state index < -0.39 is 11.8 Å². The van der Waals surface area contributed by atoms with Crippen molar-refractivity contribution in [2.45, 2.75) is 0 Å². The second-order valence-electron chi connectivity index (χ2n) is 4.19. The molecule has 0 aliphatic heterocycles. The number of nitrogens with zero attached hydrogens (tertiary/aromatic N) is 4. The molecule has 0 atom stereocenters. The average Bonchev–Trinajstić information content (AvgIpc) is 3.25. The molecule has 0 bridgehead atoms. The molecule has 0 spiro atoms. The Kier molecular flexibility index (Phi) is 3.60. The SMILES string of the molecule is O=C(NNC(=O)c1ccco1)c1ccc(-n2cnnn2)cc1. The highest BCUT2D eigenvalue weighted by Crippen LogP contribution is 2.07. The summed E-state index contributed by atoms with van der Waals surface area (Å²) < 4.78 is 6.36. The van der Waals surface area contributed by atoms with E-state index in [9.17, 15) is 9.59 Å². The van der Waals surface area contributed by atoms with Crippen LogP contribution in [0.25, 0.3) is 5.69 Å². The van der Waals surface area contributed by atoms with Crippen molar-refractivity contribution >= 4 is 11.8 Å². The molecular weight excluding hydrogens is 288 g/mol. The zero-order valence-corrected chi connectivity index (χ0v) is 11.1. The summed E-state index contributed by atoms with van der Waals surface area (Å²) in [6.07, 6.45) is 2.81. The highest BCUT2D eigenvalue weighted by Gasteiger charge is 2.11. The number of hydrazine groups is 1. The lowest BCUT2D eigenvalue weighted by Gasteiger charge is -2.06. The molecule has 3 rings (SSSR count). The summed E-state index contributed by atoms with van der Waals surface area (Å²) in [6.45, 7) is 0. The van der Waals surface area contributed by atoms with Crippen LogP contribution in [0.3, 0.4) is 0 Å². The van der Waals surface area contributed by atoms with E-state index in [2.05, 4.69) is 26.4 Å². The fraction of sp³-hybridized carbons (Fsp3) is 0. The molecule has 110 valence electrons. The van der Waals surface area contributed by atoms with Crippen LogP contribution in [0.2, 0.25) is 0 Å². The van der Waals surface area contributed by atoms with Crippen molar-refractivity contribution in [3.8, 4) is 5.69 Å². The summed E-state index contributed by atoms with van der Waals surface area (Å²) >= 11 is 0. The average molecular weight is 298 g/mol. The second-order valence-corrected chi connectivity index (χ2v) is 4.19. The van der Waals surface area contributed by atoms with Gasteiger partial charge in [-0.05, 0) is 46.8 Å². The fourth-order valence-electron chi connectivity index (χ4n) is 1.70. The lowest BCUT2D eigenvalue weighted by Crippen LogP contribution is -2.41. The van der Waals surface area contributed by atoms with Gasteiger partial charge in [0.05, 0.1) is 12.0 Å². The van der Waals surface area contributed by atoms with Gasteiger partial charge in [0.1, 0.15) is 6.33 Å². The number of carbonyl (C=O) groups excluding carboxylic acids is 2. The first-order valence-corrected chi connectivity index (χ1v) is 6.21. The number of hydrogen-bond donors (Lipinski definition) is 2. The molecule has 9 heteroatoms. The minimum atomic E-state index is -0.538. The molecule has 2 heterocycles. The molecule has 0 fully saturated rings. The van der Waals surface area contributed by atoms with Gasteiger partial charge in [-0.2, -0.15) is 0 Å². The third kappa shape index (κ3) is 2.82. The lowest BCUT2D eigenvalue weighted by atomic mass is 10.2. The number of hydrogen-bond acceptors (Lipinski definition) is 6. The maximum absolute atomic E-state index is 11.9. The van der Waals surface area contributed by atoms with Crippen molar-refractivity contribution in [2.24, 2.45) is 0 Å². The van der Waals surface area contributed by atoms with Gasteiger partial charge in [0.2, 0.25) is 0 Å². The summed E-state index contributed by atoms with van der Waals surface area (Å²) in [6, 6.07) is 9.60. The molecule has 0 saturated heterocycles. The monoisotopic (exact) mass is 298 g/mol. The van der Waals surface area contributed by atoms with E-state index in [0.29, 0.717) is 11.3 Å². The number of benzene rings is 1. The molecule has 2 N–H and O–H groups in total. The number of aromatic nitrogens is 4. The van der Waals surface area contributed by atoms with Crippen LogP contribution >= 0.6 is 0 Å². The number of rotatable bonds is 3. The maximum atomic E-state index is 11.9. The van der Waals surface area contributed by atoms with Crippen LogP contribution < -0.4 is 10.9 Å². The summed E-state index contributed by atoms with van der Waals surface area (Å²) in [7, 11) is 0. The van der Waals surface area contributed by atoms with E-state index in [4.69, 9.17) is 4.42 Å². The van der Waals surface area contributed by atoms with Gasteiger partial charge in [0.25, 0.3) is 5.91 Å². The van der Waals surface area contributed by atoms with Gasteiger partial charge in [0.15, 0.2) is 5.76 Å². The largest absolute Gasteiger partial charge is 0.459 e. The molecule has 0 aliphatic rings. The maximum Gasteiger partial charge on any atom is 0.305 e. The summed E-state index contributed by atoms with van der Waals surface area (Å²) in [5.74, 6) is -0.888. The first kappa shape index (κ1) is 13.5. The van der Waals surface area contributed by atoms with Crippen LogP contribution in [0.4, 0.5) is 0 Å². The Morgan fingerprint density at radius 1 is 1.05 bits per heavy atom. The molecule has 0 unspecified atom stereocenters. The normalized spacial score (nSPS) is 10.2. The van der Waals surface area contributed by atoms with Gasteiger partial charge in [-0.25, -0.2) is 4.68 Å².